The number of hydrogen-bond acceptors (Lipinski definition) is 5. The first-order valence-corrected chi connectivity index (χ1v) is 10.8. The van der Waals surface area contributed by atoms with Gasteiger partial charge in [-0.05, 0) is 26.0 Å². The van der Waals surface area contributed by atoms with Gasteiger partial charge in [-0.1, -0.05) is 18.2 Å². The van der Waals surface area contributed by atoms with Crippen LogP contribution in [0.2, 0.25) is 0 Å². The van der Waals surface area contributed by atoms with Crippen LogP contribution < -0.4 is 5.32 Å². The first kappa shape index (κ1) is 20.6. The zero-order chi connectivity index (χ0) is 22.9. The minimum atomic E-state index is -0.215. The molecule has 0 aliphatic carbocycles. The summed E-state index contributed by atoms with van der Waals surface area (Å²) in [4.78, 5) is 18.0. The number of carbonyl (C=O) groups excluding carboxylic acids is 1. The fraction of sp³-hybridized carbons (Fsp3) is 0.208. The summed E-state index contributed by atoms with van der Waals surface area (Å²) in [6.07, 6.45) is 8.97. The van der Waals surface area contributed by atoms with Gasteiger partial charge in [-0.15, -0.1) is 0 Å². The lowest BCUT2D eigenvalue weighted by Gasteiger charge is -2.09. The minimum absolute atomic E-state index is 0.215. The number of rotatable bonds is 6. The van der Waals surface area contributed by atoms with Crippen molar-refractivity contribution in [3.8, 4) is 11.3 Å². The second-order valence-corrected chi connectivity index (χ2v) is 7.93. The Morgan fingerprint density at radius 2 is 1.91 bits per heavy atom. The lowest BCUT2D eigenvalue weighted by Crippen LogP contribution is -2.12. The van der Waals surface area contributed by atoms with Crippen molar-refractivity contribution in [1.82, 2.24) is 34.3 Å². The van der Waals surface area contributed by atoms with E-state index in [9.17, 15) is 4.79 Å². The van der Waals surface area contributed by atoms with E-state index in [1.807, 2.05) is 67.6 Å². The monoisotopic (exact) mass is 440 g/mol. The van der Waals surface area contributed by atoms with Crippen LogP contribution in [0.1, 0.15) is 28.5 Å². The molecule has 0 bridgehead atoms. The van der Waals surface area contributed by atoms with Gasteiger partial charge in [0.1, 0.15) is 0 Å². The summed E-state index contributed by atoms with van der Waals surface area (Å²) < 4.78 is 5.47. The van der Waals surface area contributed by atoms with Crippen molar-refractivity contribution in [3.63, 3.8) is 0 Å². The number of nitrogens with one attached hydrogen (secondary N) is 1. The van der Waals surface area contributed by atoms with E-state index in [0.717, 1.165) is 34.3 Å². The van der Waals surface area contributed by atoms with Crippen molar-refractivity contribution in [1.29, 1.82) is 0 Å². The molecule has 0 atom stereocenters. The molecule has 4 heterocycles. The van der Waals surface area contributed by atoms with Crippen molar-refractivity contribution < 1.29 is 4.79 Å². The number of aryl methyl sites for hydroxylation is 2. The Bertz CT molecular complexity index is 1460. The maximum absolute atomic E-state index is 13.3. The highest BCUT2D eigenvalue weighted by molar-refractivity contribution is 6.13. The molecule has 0 aliphatic heterocycles. The van der Waals surface area contributed by atoms with Crippen LogP contribution >= 0.6 is 0 Å². The zero-order valence-corrected chi connectivity index (χ0v) is 18.7. The number of anilines is 1. The van der Waals surface area contributed by atoms with Gasteiger partial charge in [0.15, 0.2) is 0 Å². The summed E-state index contributed by atoms with van der Waals surface area (Å²) in [5.41, 5.74) is 5.70. The number of hydrogen-bond donors (Lipinski definition) is 1. The van der Waals surface area contributed by atoms with E-state index < -0.39 is 0 Å². The highest BCUT2D eigenvalue weighted by atomic mass is 16.1. The van der Waals surface area contributed by atoms with Gasteiger partial charge in [0.25, 0.3) is 5.91 Å². The molecular weight excluding hydrogens is 416 g/mol. The zero-order valence-electron chi connectivity index (χ0n) is 18.7. The number of pyridine rings is 1. The summed E-state index contributed by atoms with van der Waals surface area (Å²) in [6.45, 7) is 5.53. The molecule has 0 spiro atoms. The van der Waals surface area contributed by atoms with Crippen molar-refractivity contribution in [3.05, 3.63) is 78.1 Å². The highest BCUT2D eigenvalue weighted by Crippen LogP contribution is 2.25. The van der Waals surface area contributed by atoms with Crippen molar-refractivity contribution in [2.45, 2.75) is 26.9 Å². The van der Waals surface area contributed by atoms with Crippen molar-refractivity contribution >= 4 is 22.5 Å². The van der Waals surface area contributed by atoms with E-state index in [2.05, 4.69) is 27.5 Å². The Morgan fingerprint density at radius 3 is 2.67 bits per heavy atom. The van der Waals surface area contributed by atoms with Crippen LogP contribution in [0.4, 0.5) is 5.69 Å². The Morgan fingerprint density at radius 1 is 1.06 bits per heavy atom. The predicted octanol–water partition coefficient (Wildman–Crippen LogP) is 3.66. The predicted molar refractivity (Wildman–Crippen MR) is 126 cm³/mol. The normalized spacial score (nSPS) is 11.2. The maximum atomic E-state index is 13.3. The molecule has 1 N–H and O–H groups in total. The smallest absolute Gasteiger partial charge is 0.256 e. The Labute approximate surface area is 190 Å². The number of fused-ring (bicyclic) bond motifs is 1. The quantitative estimate of drug-likeness (QED) is 0.435. The Hall–Kier alpha value is -4.27. The van der Waals surface area contributed by atoms with Crippen LogP contribution in [-0.2, 0) is 20.1 Å². The summed E-state index contributed by atoms with van der Waals surface area (Å²) in [7, 11) is 1.85. The molecule has 0 saturated heterocycles. The number of amides is 1. The molecule has 9 nitrogen and oxygen atoms in total. The molecule has 5 aromatic rings. The van der Waals surface area contributed by atoms with E-state index in [1.165, 1.54) is 0 Å². The summed E-state index contributed by atoms with van der Waals surface area (Å²) in [5, 5.41) is 16.8. The van der Waals surface area contributed by atoms with E-state index in [4.69, 9.17) is 4.98 Å². The SMILES string of the molecule is CCn1ncc(Cn2cc(NC(=O)c3cc(-c4cnn(C)c4)nc4ccccc34)cn2)c1C. The summed E-state index contributed by atoms with van der Waals surface area (Å²) >= 11 is 0. The third-order valence-corrected chi connectivity index (χ3v) is 5.69. The highest BCUT2D eigenvalue weighted by Gasteiger charge is 2.16. The number of para-hydroxylation sites is 1. The minimum Gasteiger partial charge on any atom is -0.319 e. The second-order valence-electron chi connectivity index (χ2n) is 7.93. The molecule has 0 fully saturated rings. The summed E-state index contributed by atoms with van der Waals surface area (Å²) in [5.74, 6) is -0.215. The Kier molecular flexibility index (Phi) is 5.21. The van der Waals surface area contributed by atoms with Crippen LogP contribution in [-0.4, -0.2) is 40.2 Å². The molecule has 166 valence electrons. The first-order chi connectivity index (χ1) is 16.0. The van der Waals surface area contributed by atoms with Crippen LogP contribution in [0.25, 0.3) is 22.2 Å². The third-order valence-electron chi connectivity index (χ3n) is 5.69. The van der Waals surface area contributed by atoms with Gasteiger partial charge < -0.3 is 5.32 Å². The molecule has 0 radical (unpaired) electrons. The second kappa shape index (κ2) is 8.34. The molecule has 9 heteroatoms. The van der Waals surface area contributed by atoms with Gasteiger partial charge in [0.05, 0.1) is 47.6 Å². The van der Waals surface area contributed by atoms with E-state index >= 15 is 0 Å². The standard InChI is InChI=1S/C24H24N8O/c1-4-32-16(2)17(10-27-32)14-31-15-19(12-26-31)28-24(33)21-9-23(18-11-25-30(3)13-18)29-22-8-6-5-7-20(21)22/h5-13,15H,4,14H2,1-3H3,(H,28,33). The molecule has 0 saturated carbocycles. The maximum Gasteiger partial charge on any atom is 0.256 e. The topological polar surface area (TPSA) is 95.5 Å². The van der Waals surface area contributed by atoms with Gasteiger partial charge in [0.2, 0.25) is 0 Å². The fourth-order valence-electron chi connectivity index (χ4n) is 3.91. The largest absolute Gasteiger partial charge is 0.319 e. The van der Waals surface area contributed by atoms with Crippen LogP contribution in [0.3, 0.4) is 0 Å². The lowest BCUT2D eigenvalue weighted by molar-refractivity contribution is 0.102. The van der Waals surface area contributed by atoms with Crippen LogP contribution in [0.5, 0.6) is 0 Å². The van der Waals surface area contributed by atoms with Crippen molar-refractivity contribution in [2.24, 2.45) is 7.05 Å². The van der Waals surface area contributed by atoms with Crippen molar-refractivity contribution in [2.75, 3.05) is 5.32 Å². The molecule has 1 aromatic carbocycles. The van der Waals surface area contributed by atoms with Crippen LogP contribution in [0, 0.1) is 6.92 Å². The molecule has 5 rings (SSSR count). The van der Waals surface area contributed by atoms with E-state index in [1.54, 1.807) is 21.8 Å². The molecule has 0 aliphatic rings. The average Bonchev–Trinajstić information content (AvgIpc) is 3.54. The first-order valence-electron chi connectivity index (χ1n) is 10.8. The van der Waals surface area contributed by atoms with Gasteiger partial charge in [-0.3, -0.25) is 18.8 Å². The third kappa shape index (κ3) is 4.00. The lowest BCUT2D eigenvalue weighted by atomic mass is 10.0. The average molecular weight is 441 g/mol. The molecule has 1 amide bonds. The molecular formula is C24H24N8O. The molecule has 4 aromatic heterocycles. The number of carbonyl (C=O) groups is 1. The molecule has 0 unspecified atom stereocenters. The van der Waals surface area contributed by atoms with Crippen LogP contribution in [0.15, 0.2) is 61.3 Å². The number of benzene rings is 1. The summed E-state index contributed by atoms with van der Waals surface area (Å²) in [6, 6.07) is 9.43. The Balaban J connectivity index is 1.42. The number of aromatic nitrogens is 7. The van der Waals surface area contributed by atoms with Gasteiger partial charge in [-0.2, -0.15) is 15.3 Å². The van der Waals surface area contributed by atoms with E-state index in [-0.39, 0.29) is 5.91 Å². The fourth-order valence-corrected chi connectivity index (χ4v) is 3.91. The molecule has 33 heavy (non-hydrogen) atoms. The van der Waals surface area contributed by atoms with Gasteiger partial charge in [-0.25, -0.2) is 4.98 Å². The number of nitrogens with zero attached hydrogens (tertiary/aromatic N) is 7. The van der Waals surface area contributed by atoms with E-state index in [0.29, 0.717) is 23.5 Å². The van der Waals surface area contributed by atoms with Gasteiger partial charge >= 0.3 is 0 Å². The van der Waals surface area contributed by atoms with Gasteiger partial charge in [0, 0.05) is 48.2 Å².